The fourth-order valence-electron chi connectivity index (χ4n) is 3.83. The van der Waals surface area contributed by atoms with E-state index >= 15 is 0 Å². The van der Waals surface area contributed by atoms with E-state index < -0.39 is 6.03 Å². The summed E-state index contributed by atoms with van der Waals surface area (Å²) in [6.45, 7) is 8.37. The van der Waals surface area contributed by atoms with Crippen molar-refractivity contribution in [2.75, 3.05) is 31.1 Å². The number of nitrogens with two attached hydrogens (primary N) is 1. The summed E-state index contributed by atoms with van der Waals surface area (Å²) in [6.07, 6.45) is 7.36. The van der Waals surface area contributed by atoms with Gasteiger partial charge in [-0.25, -0.2) is 19.2 Å². The van der Waals surface area contributed by atoms with E-state index in [2.05, 4.69) is 16.5 Å². The summed E-state index contributed by atoms with van der Waals surface area (Å²) in [5.74, 6) is 1.22. The molecule has 2 amide bonds. The maximum absolute atomic E-state index is 13.5. The van der Waals surface area contributed by atoms with Gasteiger partial charge in [-0.3, -0.25) is 4.57 Å². The van der Waals surface area contributed by atoms with Crippen molar-refractivity contribution in [1.29, 1.82) is 0 Å². The lowest BCUT2D eigenvalue weighted by Crippen LogP contribution is -2.50. The third kappa shape index (κ3) is 4.12. The van der Waals surface area contributed by atoms with Gasteiger partial charge in [-0.15, -0.1) is 0 Å². The first-order chi connectivity index (χ1) is 15.5. The fourth-order valence-corrected chi connectivity index (χ4v) is 3.83. The van der Waals surface area contributed by atoms with Crippen LogP contribution in [-0.2, 0) is 0 Å². The molecule has 0 aliphatic carbocycles. The number of aromatic nitrogens is 3. The standard InChI is InChI=1S/C24H25FN6O/c1-3-5-20-21(4-2)31(19-9-7-18(25)8-10-19)23(28-20)17-6-11-22(27-16-17)29-12-14-30(15-13-29)24(26)32/h3-11,16H,2,12-15H2,1H3,(H2,26,32)/b5-3-. The Kier molecular flexibility index (Phi) is 6.02. The zero-order valence-corrected chi connectivity index (χ0v) is 17.9. The van der Waals surface area contributed by atoms with E-state index in [-0.39, 0.29) is 5.82 Å². The van der Waals surface area contributed by atoms with Crippen molar-refractivity contribution in [3.05, 3.63) is 72.5 Å². The number of halogens is 1. The molecule has 1 aliphatic rings. The summed E-state index contributed by atoms with van der Waals surface area (Å²) < 4.78 is 15.5. The van der Waals surface area contributed by atoms with Gasteiger partial charge in [-0.2, -0.15) is 0 Å². The maximum Gasteiger partial charge on any atom is 0.314 e. The van der Waals surface area contributed by atoms with Crippen LogP contribution in [0.3, 0.4) is 0 Å². The second-order valence-electron chi connectivity index (χ2n) is 7.44. The maximum atomic E-state index is 13.5. The molecule has 164 valence electrons. The number of nitrogens with zero attached hydrogens (tertiary/aromatic N) is 5. The molecule has 4 rings (SSSR count). The molecule has 2 N–H and O–H groups in total. The lowest BCUT2D eigenvalue weighted by Gasteiger charge is -2.34. The number of urea groups is 1. The molecule has 1 aliphatic heterocycles. The SMILES string of the molecule is C=Cc1c(/C=C\C)nc(-c2ccc(N3CCN(C(N)=O)CC3)nc2)n1-c1ccc(F)cc1. The number of amides is 2. The van der Waals surface area contributed by atoms with E-state index in [4.69, 9.17) is 10.7 Å². The van der Waals surface area contributed by atoms with E-state index in [1.54, 1.807) is 29.3 Å². The number of primary amides is 1. The van der Waals surface area contributed by atoms with Crippen LogP contribution in [0.15, 0.2) is 55.3 Å². The van der Waals surface area contributed by atoms with Crippen LogP contribution in [-0.4, -0.2) is 51.6 Å². The Labute approximate surface area is 186 Å². The zero-order valence-electron chi connectivity index (χ0n) is 17.9. The normalized spacial score (nSPS) is 14.2. The number of imidazole rings is 1. The molecule has 8 heteroatoms. The summed E-state index contributed by atoms with van der Waals surface area (Å²) in [6, 6.07) is 9.80. The van der Waals surface area contributed by atoms with Gasteiger partial charge in [0.1, 0.15) is 17.5 Å². The monoisotopic (exact) mass is 432 g/mol. The van der Waals surface area contributed by atoms with Crippen LogP contribution in [0.2, 0.25) is 0 Å². The van der Waals surface area contributed by atoms with E-state index in [1.807, 2.05) is 35.8 Å². The van der Waals surface area contributed by atoms with Gasteiger partial charge in [0.15, 0.2) is 0 Å². The van der Waals surface area contributed by atoms with Crippen molar-refractivity contribution < 1.29 is 9.18 Å². The Morgan fingerprint density at radius 3 is 2.41 bits per heavy atom. The van der Waals surface area contributed by atoms with Crippen LogP contribution in [0.25, 0.3) is 29.2 Å². The van der Waals surface area contributed by atoms with E-state index in [1.165, 1.54) is 12.1 Å². The fraction of sp³-hybridized carbons (Fsp3) is 0.208. The molecule has 0 radical (unpaired) electrons. The van der Waals surface area contributed by atoms with E-state index in [0.29, 0.717) is 32.0 Å². The van der Waals surface area contributed by atoms with Crippen molar-refractivity contribution in [2.24, 2.45) is 5.73 Å². The Balaban J connectivity index is 1.69. The molecule has 2 aromatic heterocycles. The molecule has 1 fully saturated rings. The van der Waals surface area contributed by atoms with Crippen molar-refractivity contribution in [2.45, 2.75) is 6.92 Å². The van der Waals surface area contributed by atoms with Gasteiger partial charge in [-0.05, 0) is 55.5 Å². The number of carbonyl (C=O) groups excluding carboxylic acids is 1. The second kappa shape index (κ2) is 9.05. The highest BCUT2D eigenvalue weighted by Gasteiger charge is 2.21. The largest absolute Gasteiger partial charge is 0.353 e. The average Bonchev–Trinajstić information content (AvgIpc) is 3.18. The first-order valence-corrected chi connectivity index (χ1v) is 10.4. The molecule has 0 unspecified atom stereocenters. The van der Waals surface area contributed by atoms with Gasteiger partial charge >= 0.3 is 6.03 Å². The van der Waals surface area contributed by atoms with Gasteiger partial charge in [-0.1, -0.05) is 12.7 Å². The molecule has 7 nitrogen and oxygen atoms in total. The highest BCUT2D eigenvalue weighted by molar-refractivity contribution is 5.72. The second-order valence-corrected chi connectivity index (χ2v) is 7.44. The lowest BCUT2D eigenvalue weighted by molar-refractivity contribution is 0.204. The number of hydrogen-bond donors (Lipinski definition) is 1. The number of hydrogen-bond acceptors (Lipinski definition) is 4. The molecule has 32 heavy (non-hydrogen) atoms. The molecule has 0 bridgehead atoms. The topological polar surface area (TPSA) is 80.3 Å². The minimum absolute atomic E-state index is 0.299. The molecule has 3 heterocycles. The first kappa shape index (κ1) is 21.3. The highest BCUT2D eigenvalue weighted by Crippen LogP contribution is 2.29. The molecule has 1 aromatic carbocycles. The van der Waals surface area contributed by atoms with Gasteiger partial charge in [0.05, 0.1) is 11.4 Å². The minimum atomic E-state index is -0.393. The summed E-state index contributed by atoms with van der Waals surface area (Å²) in [7, 11) is 0. The summed E-state index contributed by atoms with van der Waals surface area (Å²) >= 11 is 0. The van der Waals surface area contributed by atoms with Gasteiger partial charge < -0.3 is 15.5 Å². The predicted octanol–water partition coefficient (Wildman–Crippen LogP) is 3.95. The van der Waals surface area contributed by atoms with Crippen LogP contribution in [0.5, 0.6) is 0 Å². The number of carbonyl (C=O) groups is 1. The zero-order chi connectivity index (χ0) is 22.7. The number of benzene rings is 1. The number of anilines is 1. The van der Waals surface area contributed by atoms with Gasteiger partial charge in [0, 0.05) is 43.6 Å². The third-order valence-electron chi connectivity index (χ3n) is 5.47. The summed E-state index contributed by atoms with van der Waals surface area (Å²) in [5, 5.41) is 0. The van der Waals surface area contributed by atoms with E-state index in [0.717, 1.165) is 28.5 Å². The molecule has 3 aromatic rings. The Bertz CT molecular complexity index is 1140. The Morgan fingerprint density at radius 1 is 1.12 bits per heavy atom. The minimum Gasteiger partial charge on any atom is -0.353 e. The predicted molar refractivity (Wildman–Crippen MR) is 125 cm³/mol. The molecule has 0 spiro atoms. The number of allylic oxidation sites excluding steroid dienone is 1. The molecular formula is C24H25FN6O. The lowest BCUT2D eigenvalue weighted by atomic mass is 10.2. The van der Waals surface area contributed by atoms with Crippen molar-refractivity contribution in [3.8, 4) is 17.1 Å². The van der Waals surface area contributed by atoms with Crippen LogP contribution in [0.1, 0.15) is 18.3 Å². The molecule has 0 saturated carbocycles. The average molecular weight is 433 g/mol. The van der Waals surface area contributed by atoms with Gasteiger partial charge in [0.2, 0.25) is 0 Å². The van der Waals surface area contributed by atoms with E-state index in [9.17, 15) is 9.18 Å². The smallest absolute Gasteiger partial charge is 0.314 e. The summed E-state index contributed by atoms with van der Waals surface area (Å²) in [5.41, 5.74) is 8.56. The van der Waals surface area contributed by atoms with Crippen molar-refractivity contribution in [3.63, 3.8) is 0 Å². The number of pyridine rings is 1. The molecular weight excluding hydrogens is 407 g/mol. The quantitative estimate of drug-likeness (QED) is 0.662. The van der Waals surface area contributed by atoms with Crippen LogP contribution >= 0.6 is 0 Å². The van der Waals surface area contributed by atoms with Crippen LogP contribution in [0.4, 0.5) is 15.0 Å². The number of rotatable bonds is 5. The Hall–Kier alpha value is -3.94. The van der Waals surface area contributed by atoms with Crippen LogP contribution < -0.4 is 10.6 Å². The van der Waals surface area contributed by atoms with Crippen LogP contribution in [0, 0.1) is 5.82 Å². The molecule has 1 saturated heterocycles. The van der Waals surface area contributed by atoms with Gasteiger partial charge in [0.25, 0.3) is 0 Å². The van der Waals surface area contributed by atoms with Crippen molar-refractivity contribution in [1.82, 2.24) is 19.4 Å². The first-order valence-electron chi connectivity index (χ1n) is 10.4. The third-order valence-corrected chi connectivity index (χ3v) is 5.47. The highest BCUT2D eigenvalue weighted by atomic mass is 19.1. The van der Waals surface area contributed by atoms with Crippen molar-refractivity contribution >= 4 is 24.0 Å². The number of piperazine rings is 1. The summed E-state index contributed by atoms with van der Waals surface area (Å²) in [4.78, 5) is 24.5. The Morgan fingerprint density at radius 2 is 1.84 bits per heavy atom. The molecule has 0 atom stereocenters.